The van der Waals surface area contributed by atoms with Gasteiger partial charge >= 0.3 is 0 Å². The fourth-order valence-corrected chi connectivity index (χ4v) is 3.44. The second-order valence-corrected chi connectivity index (χ2v) is 6.76. The number of carbonyl (C=O) groups is 2. The number of halogens is 1. The van der Waals surface area contributed by atoms with Gasteiger partial charge in [0.2, 0.25) is 0 Å². The van der Waals surface area contributed by atoms with Gasteiger partial charge in [0.1, 0.15) is 11.6 Å². The molecule has 1 saturated heterocycles. The van der Waals surface area contributed by atoms with Crippen molar-refractivity contribution in [1.29, 1.82) is 0 Å². The summed E-state index contributed by atoms with van der Waals surface area (Å²) in [5.41, 5.74) is 2.01. The third kappa shape index (κ3) is 3.82. The Kier molecular flexibility index (Phi) is 5.90. The number of rotatable bonds is 6. The SMILES string of the molecule is COCCCN1C(=O)C(=O)/C(=C(\O)c2ccc(F)cc2)C1c1cccc(C)c1. The minimum Gasteiger partial charge on any atom is -0.507 e. The molecule has 1 fully saturated rings. The zero-order chi connectivity index (χ0) is 20.3. The van der Waals surface area contributed by atoms with E-state index in [2.05, 4.69) is 0 Å². The summed E-state index contributed by atoms with van der Waals surface area (Å²) < 4.78 is 18.3. The maximum absolute atomic E-state index is 13.2. The van der Waals surface area contributed by atoms with Crippen molar-refractivity contribution in [2.45, 2.75) is 19.4 Å². The highest BCUT2D eigenvalue weighted by molar-refractivity contribution is 6.46. The molecule has 0 aromatic heterocycles. The van der Waals surface area contributed by atoms with Crippen LogP contribution in [0.2, 0.25) is 0 Å². The lowest BCUT2D eigenvalue weighted by Crippen LogP contribution is -2.31. The predicted molar refractivity (Wildman–Crippen MR) is 103 cm³/mol. The maximum Gasteiger partial charge on any atom is 0.295 e. The molecule has 1 N–H and O–H groups in total. The van der Waals surface area contributed by atoms with Crippen LogP contribution in [0, 0.1) is 12.7 Å². The normalized spacial score (nSPS) is 18.7. The molecule has 3 rings (SSSR count). The number of aryl methyl sites for hydroxylation is 1. The Balaban J connectivity index is 2.12. The van der Waals surface area contributed by atoms with E-state index in [1.807, 2.05) is 31.2 Å². The van der Waals surface area contributed by atoms with Gasteiger partial charge in [-0.25, -0.2) is 4.39 Å². The zero-order valence-electron chi connectivity index (χ0n) is 15.8. The van der Waals surface area contributed by atoms with Crippen LogP contribution in [0.3, 0.4) is 0 Å². The van der Waals surface area contributed by atoms with Crippen molar-refractivity contribution in [2.75, 3.05) is 20.3 Å². The number of aliphatic hydroxyl groups is 1. The summed E-state index contributed by atoms with van der Waals surface area (Å²) in [6.07, 6.45) is 0.558. The van der Waals surface area contributed by atoms with Crippen molar-refractivity contribution in [3.8, 4) is 0 Å². The molecule has 1 heterocycles. The van der Waals surface area contributed by atoms with Gasteiger partial charge in [-0.2, -0.15) is 0 Å². The summed E-state index contributed by atoms with van der Waals surface area (Å²) in [5, 5.41) is 10.8. The predicted octanol–water partition coefficient (Wildman–Crippen LogP) is 3.59. The van der Waals surface area contributed by atoms with E-state index in [0.717, 1.165) is 11.1 Å². The van der Waals surface area contributed by atoms with E-state index in [1.165, 1.54) is 29.2 Å². The van der Waals surface area contributed by atoms with E-state index in [-0.39, 0.29) is 16.9 Å². The lowest BCUT2D eigenvalue weighted by atomic mass is 9.94. The number of hydrogen-bond donors (Lipinski definition) is 1. The van der Waals surface area contributed by atoms with Gasteiger partial charge in [-0.15, -0.1) is 0 Å². The molecule has 0 radical (unpaired) electrons. The van der Waals surface area contributed by atoms with Gasteiger partial charge in [0.25, 0.3) is 11.7 Å². The van der Waals surface area contributed by atoms with Crippen molar-refractivity contribution in [1.82, 2.24) is 4.90 Å². The Morgan fingerprint density at radius 2 is 1.89 bits per heavy atom. The summed E-state index contributed by atoms with van der Waals surface area (Å²) in [6.45, 7) is 2.68. The van der Waals surface area contributed by atoms with Crippen LogP contribution in [0.15, 0.2) is 54.1 Å². The van der Waals surface area contributed by atoms with Crippen molar-refractivity contribution in [3.05, 3.63) is 76.6 Å². The molecule has 1 amide bonds. The highest BCUT2D eigenvalue weighted by Gasteiger charge is 2.45. The van der Waals surface area contributed by atoms with Crippen LogP contribution in [0.1, 0.15) is 29.2 Å². The van der Waals surface area contributed by atoms with Gasteiger partial charge in [0.05, 0.1) is 11.6 Å². The average Bonchev–Trinajstić information content (AvgIpc) is 2.93. The number of nitrogens with zero attached hydrogens (tertiary/aromatic N) is 1. The van der Waals surface area contributed by atoms with Gasteiger partial charge < -0.3 is 14.7 Å². The lowest BCUT2D eigenvalue weighted by molar-refractivity contribution is -0.140. The van der Waals surface area contributed by atoms with Crippen LogP contribution in [0.4, 0.5) is 4.39 Å². The van der Waals surface area contributed by atoms with Gasteiger partial charge in [-0.05, 0) is 43.2 Å². The number of aliphatic hydroxyl groups excluding tert-OH is 1. The van der Waals surface area contributed by atoms with Crippen LogP contribution >= 0.6 is 0 Å². The first-order chi connectivity index (χ1) is 13.4. The number of ether oxygens (including phenoxy) is 1. The number of hydrogen-bond acceptors (Lipinski definition) is 4. The van der Waals surface area contributed by atoms with E-state index in [1.54, 1.807) is 7.11 Å². The van der Waals surface area contributed by atoms with Crippen LogP contribution in [-0.4, -0.2) is 42.0 Å². The molecule has 0 bridgehead atoms. The fraction of sp³-hybridized carbons (Fsp3) is 0.273. The topological polar surface area (TPSA) is 66.8 Å². The zero-order valence-corrected chi connectivity index (χ0v) is 15.8. The van der Waals surface area contributed by atoms with Crippen molar-refractivity contribution in [2.24, 2.45) is 0 Å². The first-order valence-electron chi connectivity index (χ1n) is 9.04. The molecule has 1 aliphatic rings. The van der Waals surface area contributed by atoms with Crippen LogP contribution in [-0.2, 0) is 14.3 Å². The monoisotopic (exact) mass is 383 g/mol. The van der Waals surface area contributed by atoms with Crippen molar-refractivity contribution in [3.63, 3.8) is 0 Å². The fourth-order valence-electron chi connectivity index (χ4n) is 3.44. The Labute approximate surface area is 163 Å². The molecule has 2 aromatic carbocycles. The second kappa shape index (κ2) is 8.35. The number of methoxy groups -OCH3 is 1. The minimum atomic E-state index is -0.745. The number of ketones is 1. The van der Waals surface area contributed by atoms with Gasteiger partial charge in [0, 0.05) is 25.8 Å². The summed E-state index contributed by atoms with van der Waals surface area (Å²) in [4.78, 5) is 26.9. The summed E-state index contributed by atoms with van der Waals surface area (Å²) in [7, 11) is 1.57. The summed E-state index contributed by atoms with van der Waals surface area (Å²) >= 11 is 0. The third-order valence-corrected chi connectivity index (χ3v) is 4.76. The van der Waals surface area contributed by atoms with Gasteiger partial charge in [0.15, 0.2) is 0 Å². The standard InChI is InChI=1S/C22H22FNO4/c1-14-5-3-6-16(13-14)19-18(20(25)15-7-9-17(23)10-8-15)21(26)22(27)24(19)11-4-12-28-2/h3,5-10,13,19,25H,4,11-12H2,1-2H3/b20-18-. The molecule has 1 aliphatic heterocycles. The molecule has 6 heteroatoms. The van der Waals surface area contributed by atoms with E-state index in [4.69, 9.17) is 4.74 Å². The largest absolute Gasteiger partial charge is 0.507 e. The molecule has 28 heavy (non-hydrogen) atoms. The highest BCUT2D eigenvalue weighted by Crippen LogP contribution is 2.39. The molecule has 146 valence electrons. The quantitative estimate of drug-likeness (QED) is 0.358. The molecule has 0 saturated carbocycles. The number of likely N-dealkylation sites (tertiary alicyclic amines) is 1. The molecule has 0 spiro atoms. The van der Waals surface area contributed by atoms with Crippen LogP contribution in [0.25, 0.3) is 5.76 Å². The second-order valence-electron chi connectivity index (χ2n) is 6.76. The van der Waals surface area contributed by atoms with E-state index in [0.29, 0.717) is 19.6 Å². The van der Waals surface area contributed by atoms with Gasteiger partial charge in [-0.1, -0.05) is 29.8 Å². The molecule has 1 atom stereocenters. The molecule has 0 aliphatic carbocycles. The van der Waals surface area contributed by atoms with E-state index in [9.17, 15) is 19.1 Å². The van der Waals surface area contributed by atoms with Crippen LogP contribution in [0.5, 0.6) is 0 Å². The van der Waals surface area contributed by atoms with E-state index < -0.39 is 23.5 Å². The summed E-state index contributed by atoms with van der Waals surface area (Å²) in [6, 6.07) is 11.9. The molecular formula is C22H22FNO4. The van der Waals surface area contributed by atoms with Crippen LogP contribution < -0.4 is 0 Å². The van der Waals surface area contributed by atoms with Crippen molar-refractivity contribution >= 4 is 17.4 Å². The molecule has 1 unspecified atom stereocenters. The first-order valence-corrected chi connectivity index (χ1v) is 9.04. The maximum atomic E-state index is 13.2. The number of Topliss-reactive ketones (excluding diaryl/α,β-unsaturated/α-hetero) is 1. The Morgan fingerprint density at radius 3 is 2.54 bits per heavy atom. The Bertz CT molecular complexity index is 920. The number of benzene rings is 2. The van der Waals surface area contributed by atoms with E-state index >= 15 is 0 Å². The average molecular weight is 383 g/mol. The molecule has 5 nitrogen and oxygen atoms in total. The molecular weight excluding hydrogens is 361 g/mol. The third-order valence-electron chi connectivity index (χ3n) is 4.76. The lowest BCUT2D eigenvalue weighted by Gasteiger charge is -2.25. The first kappa shape index (κ1) is 19.8. The minimum absolute atomic E-state index is 0.0135. The highest BCUT2D eigenvalue weighted by atomic mass is 19.1. The number of amides is 1. The van der Waals surface area contributed by atoms with Gasteiger partial charge in [-0.3, -0.25) is 9.59 Å². The Hall–Kier alpha value is -2.99. The number of carbonyl (C=O) groups excluding carboxylic acids is 2. The Morgan fingerprint density at radius 1 is 1.18 bits per heavy atom. The molecule has 2 aromatic rings. The van der Waals surface area contributed by atoms with Crippen molar-refractivity contribution < 1.29 is 23.8 Å². The summed E-state index contributed by atoms with van der Waals surface area (Å²) in [5.74, 6) is -2.16. The smallest absolute Gasteiger partial charge is 0.295 e.